The largest absolute Gasteiger partial charge is 0.475 e. The molecule has 1 aromatic heterocycles. The molecular formula is C15H23N3O4. The van der Waals surface area contributed by atoms with Crippen LogP contribution in [0.3, 0.4) is 0 Å². The van der Waals surface area contributed by atoms with Crippen molar-refractivity contribution in [2.45, 2.75) is 32.4 Å². The van der Waals surface area contributed by atoms with Crippen LogP contribution in [-0.4, -0.2) is 48.6 Å². The Morgan fingerprint density at radius 1 is 1.45 bits per heavy atom. The zero-order valence-electron chi connectivity index (χ0n) is 13.1. The lowest BCUT2D eigenvalue weighted by atomic mass is 9.65. The molecule has 2 rings (SSSR count). The van der Waals surface area contributed by atoms with Crippen LogP contribution >= 0.6 is 0 Å². The molecule has 1 saturated carbocycles. The van der Waals surface area contributed by atoms with Crippen LogP contribution in [0.4, 0.5) is 10.5 Å². The first-order valence-electron chi connectivity index (χ1n) is 7.27. The van der Waals surface area contributed by atoms with E-state index in [1.165, 1.54) is 6.20 Å². The van der Waals surface area contributed by atoms with Gasteiger partial charge in [-0.2, -0.15) is 0 Å². The molecule has 1 aliphatic rings. The van der Waals surface area contributed by atoms with E-state index in [1.807, 2.05) is 13.8 Å². The standard InChI is InChI=1S/C15H23N3O4/c1-15(2)11(8-12(15)19)18-14(20)17-10-4-5-13(16-9-10)22-7-6-21-3/h4-5,9,11-12,19H,6-8H2,1-3H3,(H2,17,18,20). The van der Waals surface area contributed by atoms with Crippen LogP contribution in [0.2, 0.25) is 0 Å². The van der Waals surface area contributed by atoms with Crippen LogP contribution in [0, 0.1) is 5.41 Å². The summed E-state index contributed by atoms with van der Waals surface area (Å²) in [4.78, 5) is 16.0. The maximum absolute atomic E-state index is 11.9. The molecule has 22 heavy (non-hydrogen) atoms. The summed E-state index contributed by atoms with van der Waals surface area (Å²) in [6.07, 6.45) is 1.73. The van der Waals surface area contributed by atoms with Crippen molar-refractivity contribution >= 4 is 11.7 Å². The van der Waals surface area contributed by atoms with Gasteiger partial charge in [-0.25, -0.2) is 9.78 Å². The molecular weight excluding hydrogens is 286 g/mol. The lowest BCUT2D eigenvalue weighted by molar-refractivity contribution is -0.0673. The molecule has 1 aromatic rings. The third kappa shape index (κ3) is 3.86. The maximum atomic E-state index is 11.9. The Balaban J connectivity index is 1.79. The van der Waals surface area contributed by atoms with E-state index in [9.17, 15) is 9.90 Å². The Morgan fingerprint density at radius 3 is 2.77 bits per heavy atom. The molecule has 0 aromatic carbocycles. The summed E-state index contributed by atoms with van der Waals surface area (Å²) in [5.41, 5.74) is 0.281. The average Bonchev–Trinajstić information content (AvgIpc) is 2.49. The highest BCUT2D eigenvalue weighted by Crippen LogP contribution is 2.40. The van der Waals surface area contributed by atoms with Crippen LogP contribution in [0.25, 0.3) is 0 Å². The molecule has 0 radical (unpaired) electrons. The Morgan fingerprint density at radius 2 is 2.23 bits per heavy atom. The number of nitrogens with one attached hydrogen (secondary N) is 2. The van der Waals surface area contributed by atoms with Crippen molar-refractivity contribution in [3.63, 3.8) is 0 Å². The summed E-state index contributed by atoms with van der Waals surface area (Å²) < 4.78 is 10.2. The number of rotatable bonds is 6. The number of aliphatic hydroxyl groups is 1. The maximum Gasteiger partial charge on any atom is 0.319 e. The molecule has 2 amide bonds. The summed E-state index contributed by atoms with van der Waals surface area (Å²) in [5, 5.41) is 15.2. The molecule has 0 bridgehead atoms. The number of nitrogens with zero attached hydrogens (tertiary/aromatic N) is 1. The van der Waals surface area contributed by atoms with Gasteiger partial charge in [0.15, 0.2) is 0 Å². The van der Waals surface area contributed by atoms with Crippen molar-refractivity contribution in [1.82, 2.24) is 10.3 Å². The zero-order valence-corrected chi connectivity index (χ0v) is 13.1. The van der Waals surface area contributed by atoms with Crippen molar-refractivity contribution in [2.24, 2.45) is 5.41 Å². The van der Waals surface area contributed by atoms with E-state index < -0.39 is 0 Å². The average molecular weight is 309 g/mol. The monoisotopic (exact) mass is 309 g/mol. The minimum Gasteiger partial charge on any atom is -0.475 e. The second-order valence-corrected chi connectivity index (χ2v) is 5.95. The molecule has 2 atom stereocenters. The first kappa shape index (κ1) is 16.5. The van der Waals surface area contributed by atoms with E-state index in [-0.39, 0.29) is 23.6 Å². The quantitative estimate of drug-likeness (QED) is 0.691. The van der Waals surface area contributed by atoms with Crippen LogP contribution in [-0.2, 0) is 4.74 Å². The lowest BCUT2D eigenvalue weighted by Crippen LogP contribution is -2.61. The highest BCUT2D eigenvalue weighted by atomic mass is 16.5. The van der Waals surface area contributed by atoms with E-state index in [0.717, 1.165) is 0 Å². The van der Waals surface area contributed by atoms with Crippen molar-refractivity contribution in [3.8, 4) is 5.88 Å². The summed E-state index contributed by atoms with van der Waals surface area (Å²) in [5.74, 6) is 0.478. The molecule has 7 nitrogen and oxygen atoms in total. The van der Waals surface area contributed by atoms with Gasteiger partial charge < -0.3 is 25.2 Å². The topological polar surface area (TPSA) is 92.7 Å². The zero-order chi connectivity index (χ0) is 16.2. The van der Waals surface area contributed by atoms with E-state index in [0.29, 0.717) is 31.2 Å². The van der Waals surface area contributed by atoms with Crippen molar-refractivity contribution < 1.29 is 19.4 Å². The third-order valence-corrected chi connectivity index (χ3v) is 4.05. The number of anilines is 1. The van der Waals surface area contributed by atoms with Crippen molar-refractivity contribution in [1.29, 1.82) is 0 Å². The number of hydrogen-bond donors (Lipinski definition) is 3. The van der Waals surface area contributed by atoms with Gasteiger partial charge >= 0.3 is 6.03 Å². The number of carbonyl (C=O) groups is 1. The van der Waals surface area contributed by atoms with Crippen molar-refractivity contribution in [3.05, 3.63) is 18.3 Å². The van der Waals surface area contributed by atoms with Crippen LogP contribution < -0.4 is 15.4 Å². The summed E-state index contributed by atoms with van der Waals surface area (Å²) >= 11 is 0. The fourth-order valence-corrected chi connectivity index (χ4v) is 2.24. The molecule has 2 unspecified atom stereocenters. The fraction of sp³-hybridized carbons (Fsp3) is 0.600. The van der Waals surface area contributed by atoms with Gasteiger partial charge in [-0.15, -0.1) is 0 Å². The minimum atomic E-state index is -0.372. The van der Waals surface area contributed by atoms with Gasteiger partial charge in [0.25, 0.3) is 0 Å². The number of pyridine rings is 1. The van der Waals surface area contributed by atoms with Crippen LogP contribution in [0.5, 0.6) is 5.88 Å². The predicted molar refractivity (Wildman–Crippen MR) is 82.0 cm³/mol. The molecule has 0 aliphatic heterocycles. The fourth-order valence-electron chi connectivity index (χ4n) is 2.24. The van der Waals surface area contributed by atoms with Crippen LogP contribution in [0.15, 0.2) is 18.3 Å². The van der Waals surface area contributed by atoms with Gasteiger partial charge in [-0.1, -0.05) is 13.8 Å². The SMILES string of the molecule is COCCOc1ccc(NC(=O)NC2CC(O)C2(C)C)cn1. The van der Waals surface area contributed by atoms with Gasteiger partial charge in [0.05, 0.1) is 24.6 Å². The first-order chi connectivity index (χ1) is 10.4. The number of aliphatic hydroxyl groups excluding tert-OH is 1. The number of methoxy groups -OCH3 is 1. The highest BCUT2D eigenvalue weighted by Gasteiger charge is 2.47. The van der Waals surface area contributed by atoms with Gasteiger partial charge in [0.1, 0.15) is 6.61 Å². The molecule has 0 spiro atoms. The first-order valence-corrected chi connectivity index (χ1v) is 7.27. The third-order valence-electron chi connectivity index (χ3n) is 4.05. The van der Waals surface area contributed by atoms with E-state index in [1.54, 1.807) is 19.2 Å². The summed E-state index contributed by atoms with van der Waals surface area (Å²) in [7, 11) is 1.60. The molecule has 3 N–H and O–H groups in total. The molecule has 122 valence electrons. The number of carbonyl (C=O) groups excluding carboxylic acids is 1. The van der Waals surface area contributed by atoms with E-state index in [4.69, 9.17) is 9.47 Å². The molecule has 1 aliphatic carbocycles. The Kier molecular flexibility index (Phi) is 5.20. The van der Waals surface area contributed by atoms with E-state index in [2.05, 4.69) is 15.6 Å². The Bertz CT molecular complexity index is 504. The summed E-state index contributed by atoms with van der Waals surface area (Å²) in [6, 6.07) is 3.06. The molecule has 0 saturated heterocycles. The van der Waals surface area contributed by atoms with E-state index >= 15 is 0 Å². The number of ether oxygens (including phenoxy) is 2. The highest BCUT2D eigenvalue weighted by molar-refractivity contribution is 5.89. The smallest absolute Gasteiger partial charge is 0.319 e. The normalized spacial score (nSPS) is 22.5. The van der Waals surface area contributed by atoms with Gasteiger partial charge in [-0.3, -0.25) is 0 Å². The Labute approximate surface area is 130 Å². The Hall–Kier alpha value is -1.86. The number of urea groups is 1. The number of hydrogen-bond acceptors (Lipinski definition) is 5. The van der Waals surface area contributed by atoms with Crippen molar-refractivity contribution in [2.75, 3.05) is 25.6 Å². The minimum absolute atomic E-state index is 0.0351. The predicted octanol–water partition coefficient (Wildman–Crippen LogP) is 1.39. The molecule has 7 heteroatoms. The summed E-state index contributed by atoms with van der Waals surface area (Å²) in [6.45, 7) is 4.78. The second kappa shape index (κ2) is 6.93. The number of amides is 2. The molecule has 1 fully saturated rings. The van der Waals surface area contributed by atoms with Gasteiger partial charge in [0, 0.05) is 24.6 Å². The van der Waals surface area contributed by atoms with Gasteiger partial charge in [0.2, 0.25) is 5.88 Å². The van der Waals surface area contributed by atoms with Crippen LogP contribution in [0.1, 0.15) is 20.3 Å². The lowest BCUT2D eigenvalue weighted by Gasteiger charge is -2.49. The number of aromatic nitrogens is 1. The molecule has 1 heterocycles. The second-order valence-electron chi connectivity index (χ2n) is 5.95. The van der Waals surface area contributed by atoms with Gasteiger partial charge in [-0.05, 0) is 12.5 Å².